The zero-order chi connectivity index (χ0) is 15.5. The van der Waals surface area contributed by atoms with Crippen molar-refractivity contribution < 1.29 is 4.79 Å². The Kier molecular flexibility index (Phi) is 4.09. The number of rotatable bonds is 4. The second-order valence-electron chi connectivity index (χ2n) is 5.64. The Labute approximate surface area is 129 Å². The molecule has 1 aliphatic rings. The number of amides is 2. The highest BCUT2D eigenvalue weighted by molar-refractivity contribution is 5.92. The van der Waals surface area contributed by atoms with Gasteiger partial charge in [0.05, 0.1) is 11.6 Å². The Morgan fingerprint density at radius 1 is 1.45 bits per heavy atom. The molecular weight excluding hydrogens is 278 g/mol. The standard InChI is InChI=1S/C16H21N5O/c1-3-4-6-13-7-5-10-21(13)16(22)17-12-8-9-15-14(11-12)18-19-20(15)2/h5,7-9,11,13H,3-4,6,10H2,1-2H3,(H,17,22)/t13-/m0/s1. The van der Waals surface area contributed by atoms with Crippen LogP contribution < -0.4 is 5.32 Å². The van der Waals surface area contributed by atoms with Gasteiger partial charge in [-0.05, 0) is 24.6 Å². The molecular formula is C16H21N5O. The predicted molar refractivity (Wildman–Crippen MR) is 86.7 cm³/mol. The summed E-state index contributed by atoms with van der Waals surface area (Å²) in [5, 5.41) is 11.0. The fourth-order valence-electron chi connectivity index (χ4n) is 2.78. The number of carbonyl (C=O) groups excluding carboxylic acids is 1. The van der Waals surface area contributed by atoms with Gasteiger partial charge in [0.2, 0.25) is 0 Å². The van der Waals surface area contributed by atoms with Crippen molar-refractivity contribution in [2.24, 2.45) is 7.05 Å². The van der Waals surface area contributed by atoms with Crippen molar-refractivity contribution in [2.75, 3.05) is 11.9 Å². The van der Waals surface area contributed by atoms with E-state index in [9.17, 15) is 4.79 Å². The van der Waals surface area contributed by atoms with E-state index in [1.807, 2.05) is 30.1 Å². The van der Waals surface area contributed by atoms with Gasteiger partial charge in [0, 0.05) is 19.3 Å². The largest absolute Gasteiger partial charge is 0.322 e. The molecule has 22 heavy (non-hydrogen) atoms. The zero-order valence-electron chi connectivity index (χ0n) is 13.0. The monoisotopic (exact) mass is 299 g/mol. The quantitative estimate of drug-likeness (QED) is 0.883. The van der Waals surface area contributed by atoms with E-state index < -0.39 is 0 Å². The first-order chi connectivity index (χ1) is 10.7. The van der Waals surface area contributed by atoms with Crippen molar-refractivity contribution in [2.45, 2.75) is 32.2 Å². The van der Waals surface area contributed by atoms with Crippen molar-refractivity contribution in [1.29, 1.82) is 0 Å². The third-order valence-electron chi connectivity index (χ3n) is 4.04. The number of aryl methyl sites for hydroxylation is 1. The lowest BCUT2D eigenvalue weighted by Gasteiger charge is -2.24. The lowest BCUT2D eigenvalue weighted by Crippen LogP contribution is -2.39. The fraction of sp³-hybridized carbons (Fsp3) is 0.438. The average molecular weight is 299 g/mol. The Morgan fingerprint density at radius 2 is 2.32 bits per heavy atom. The second-order valence-corrected chi connectivity index (χ2v) is 5.64. The highest BCUT2D eigenvalue weighted by atomic mass is 16.2. The van der Waals surface area contributed by atoms with E-state index in [4.69, 9.17) is 0 Å². The molecule has 6 nitrogen and oxygen atoms in total. The van der Waals surface area contributed by atoms with Crippen molar-refractivity contribution >= 4 is 22.8 Å². The SMILES string of the molecule is CCCC[C@H]1C=CCN1C(=O)Nc1ccc2c(c1)nnn2C. The van der Waals surface area contributed by atoms with E-state index in [-0.39, 0.29) is 12.1 Å². The van der Waals surface area contributed by atoms with Gasteiger partial charge < -0.3 is 10.2 Å². The maximum atomic E-state index is 12.5. The van der Waals surface area contributed by atoms with E-state index in [1.54, 1.807) is 4.68 Å². The van der Waals surface area contributed by atoms with Gasteiger partial charge in [-0.1, -0.05) is 37.1 Å². The number of carbonyl (C=O) groups is 1. The molecule has 6 heteroatoms. The second kappa shape index (κ2) is 6.17. The Hall–Kier alpha value is -2.37. The molecule has 1 N–H and O–H groups in total. The fourth-order valence-corrected chi connectivity index (χ4v) is 2.78. The zero-order valence-corrected chi connectivity index (χ0v) is 13.0. The van der Waals surface area contributed by atoms with E-state index in [0.717, 1.165) is 36.0 Å². The minimum atomic E-state index is -0.0608. The first-order valence-electron chi connectivity index (χ1n) is 7.72. The summed E-state index contributed by atoms with van der Waals surface area (Å²) in [5.74, 6) is 0. The highest BCUT2D eigenvalue weighted by Crippen LogP contribution is 2.20. The van der Waals surface area contributed by atoms with Crippen LogP contribution in [0.1, 0.15) is 26.2 Å². The van der Waals surface area contributed by atoms with Crippen molar-refractivity contribution in [3.8, 4) is 0 Å². The van der Waals surface area contributed by atoms with Gasteiger partial charge in [-0.15, -0.1) is 5.10 Å². The summed E-state index contributed by atoms with van der Waals surface area (Å²) in [6.07, 6.45) is 7.48. The summed E-state index contributed by atoms with van der Waals surface area (Å²) in [4.78, 5) is 14.3. The van der Waals surface area contributed by atoms with Gasteiger partial charge in [0.15, 0.2) is 0 Å². The lowest BCUT2D eigenvalue weighted by atomic mass is 10.1. The van der Waals surface area contributed by atoms with Crippen LogP contribution in [-0.2, 0) is 7.05 Å². The molecule has 0 spiro atoms. The number of fused-ring (bicyclic) bond motifs is 1. The maximum absolute atomic E-state index is 12.5. The minimum absolute atomic E-state index is 0.0608. The minimum Gasteiger partial charge on any atom is -0.314 e. The number of nitrogens with one attached hydrogen (secondary N) is 1. The van der Waals surface area contributed by atoms with Crippen LogP contribution >= 0.6 is 0 Å². The summed E-state index contributed by atoms with van der Waals surface area (Å²) in [6, 6.07) is 5.80. The third kappa shape index (κ3) is 2.81. The number of hydrogen-bond donors (Lipinski definition) is 1. The summed E-state index contributed by atoms with van der Waals surface area (Å²) >= 11 is 0. The molecule has 0 saturated heterocycles. The van der Waals surface area contributed by atoms with Crippen molar-refractivity contribution in [1.82, 2.24) is 19.9 Å². The third-order valence-corrected chi connectivity index (χ3v) is 4.04. The molecule has 0 unspecified atom stereocenters. The van der Waals surface area contributed by atoms with Crippen LogP contribution in [-0.4, -0.2) is 38.5 Å². The molecule has 0 radical (unpaired) electrons. The molecule has 0 bridgehead atoms. The van der Waals surface area contributed by atoms with Gasteiger partial charge >= 0.3 is 6.03 Å². The van der Waals surface area contributed by atoms with Crippen LogP contribution in [0.3, 0.4) is 0 Å². The lowest BCUT2D eigenvalue weighted by molar-refractivity contribution is 0.208. The van der Waals surface area contributed by atoms with E-state index >= 15 is 0 Å². The molecule has 0 fully saturated rings. The molecule has 1 aliphatic heterocycles. The van der Waals surface area contributed by atoms with Crippen LogP contribution in [0.2, 0.25) is 0 Å². The molecule has 1 aromatic carbocycles. The Morgan fingerprint density at radius 3 is 3.14 bits per heavy atom. The van der Waals surface area contributed by atoms with Gasteiger partial charge in [-0.25, -0.2) is 9.48 Å². The van der Waals surface area contributed by atoms with E-state index in [0.29, 0.717) is 6.54 Å². The summed E-state index contributed by atoms with van der Waals surface area (Å²) in [6.45, 7) is 2.84. The number of hydrogen-bond acceptors (Lipinski definition) is 3. The van der Waals surface area contributed by atoms with Crippen molar-refractivity contribution in [3.05, 3.63) is 30.4 Å². The van der Waals surface area contributed by atoms with Crippen molar-refractivity contribution in [3.63, 3.8) is 0 Å². The topological polar surface area (TPSA) is 63.1 Å². The predicted octanol–water partition coefficient (Wildman–Crippen LogP) is 2.93. The summed E-state index contributed by atoms with van der Waals surface area (Å²) < 4.78 is 1.71. The molecule has 2 amide bonds. The van der Waals surface area contributed by atoms with Gasteiger partial charge in [-0.2, -0.15) is 0 Å². The number of unbranched alkanes of at least 4 members (excludes halogenated alkanes) is 1. The molecule has 3 rings (SSSR count). The van der Waals surface area contributed by atoms with Gasteiger partial charge in [0.1, 0.15) is 5.52 Å². The first kappa shape index (κ1) is 14.6. The van der Waals surface area contributed by atoms with Crippen LogP contribution in [0.25, 0.3) is 11.0 Å². The Bertz CT molecular complexity index is 706. The first-order valence-corrected chi connectivity index (χ1v) is 7.72. The average Bonchev–Trinajstić information content (AvgIpc) is 3.12. The van der Waals surface area contributed by atoms with E-state index in [2.05, 4.69) is 34.7 Å². The molecule has 2 aromatic rings. The summed E-state index contributed by atoms with van der Waals surface area (Å²) in [7, 11) is 1.85. The number of anilines is 1. The van der Waals surface area contributed by atoms with E-state index in [1.165, 1.54) is 0 Å². The van der Waals surface area contributed by atoms with Gasteiger partial charge in [-0.3, -0.25) is 0 Å². The van der Waals surface area contributed by atoms with Crippen LogP contribution in [0.15, 0.2) is 30.4 Å². The van der Waals surface area contributed by atoms with Crippen LogP contribution in [0, 0.1) is 0 Å². The van der Waals surface area contributed by atoms with Crippen LogP contribution in [0.5, 0.6) is 0 Å². The van der Waals surface area contributed by atoms with Crippen LogP contribution in [0.4, 0.5) is 10.5 Å². The number of aromatic nitrogens is 3. The molecule has 2 heterocycles. The molecule has 116 valence electrons. The normalized spacial score (nSPS) is 17.4. The number of nitrogens with zero attached hydrogens (tertiary/aromatic N) is 4. The smallest absolute Gasteiger partial charge is 0.314 e. The molecule has 1 aromatic heterocycles. The molecule has 1 atom stereocenters. The van der Waals surface area contributed by atoms with Gasteiger partial charge in [0.25, 0.3) is 0 Å². The Balaban J connectivity index is 1.69. The number of benzene rings is 1. The number of urea groups is 1. The molecule has 0 aliphatic carbocycles. The summed E-state index contributed by atoms with van der Waals surface area (Å²) in [5.41, 5.74) is 2.48. The maximum Gasteiger partial charge on any atom is 0.322 e. The molecule has 0 saturated carbocycles. The highest BCUT2D eigenvalue weighted by Gasteiger charge is 2.24.